The van der Waals surface area contributed by atoms with E-state index in [2.05, 4.69) is 58.4 Å². The molecule has 5 amide bonds. The van der Waals surface area contributed by atoms with Crippen LogP contribution in [0.1, 0.15) is 67.7 Å². The smallest absolute Gasteiger partial charge is 0.410 e. The zero-order valence-corrected chi connectivity index (χ0v) is 76.1. The van der Waals surface area contributed by atoms with Crippen molar-refractivity contribution in [1.82, 2.24) is 45.0 Å². The van der Waals surface area contributed by atoms with E-state index in [0.717, 1.165) is 6.33 Å². The van der Waals surface area contributed by atoms with E-state index in [4.69, 9.17) is 126 Å². The van der Waals surface area contributed by atoms with E-state index in [1.165, 1.54) is 42.0 Å². The van der Waals surface area contributed by atoms with Gasteiger partial charge in [0.15, 0.2) is 17.4 Å². The molecule has 11 atom stereocenters. The number of aromatic nitrogens is 6. The minimum absolute atomic E-state index is 0.0196. The average molecular weight is 1890 g/mol. The second-order valence-corrected chi connectivity index (χ2v) is 34.8. The van der Waals surface area contributed by atoms with Gasteiger partial charge in [-0.2, -0.15) is 4.98 Å². The van der Waals surface area contributed by atoms with Crippen LogP contribution < -0.4 is 37.3 Å². The van der Waals surface area contributed by atoms with Gasteiger partial charge in [-0.25, -0.2) is 24.3 Å². The maximum atomic E-state index is 14.1. The molecule has 0 radical (unpaired) electrons. The quantitative estimate of drug-likeness (QED) is 0.0153. The number of nitrogens with zero attached hydrogens (tertiary/aromatic N) is 6. The molecule has 9 N–H and O–H groups in total. The molecule has 2 bridgehead atoms. The summed E-state index contributed by atoms with van der Waals surface area (Å²) in [5, 5.41) is 22.4. The van der Waals surface area contributed by atoms with Gasteiger partial charge in [0.1, 0.15) is 49.4 Å². The van der Waals surface area contributed by atoms with Crippen LogP contribution >= 0.6 is 25.8 Å². The Bertz CT molecular complexity index is 4170. The molecule has 128 heavy (non-hydrogen) atoms. The van der Waals surface area contributed by atoms with Crippen molar-refractivity contribution < 1.29 is 147 Å². The number of aliphatic hydroxyl groups excluding tert-OH is 1. The Balaban J connectivity index is 0.595. The lowest BCUT2D eigenvalue weighted by Gasteiger charge is -2.27. The van der Waals surface area contributed by atoms with E-state index in [1.807, 2.05) is 0 Å². The largest absolute Gasteiger partial charge is 0.474 e. The van der Waals surface area contributed by atoms with Crippen molar-refractivity contribution in [3.05, 3.63) is 100 Å². The van der Waals surface area contributed by atoms with Gasteiger partial charge in [0.05, 0.1) is 237 Å². The van der Waals surface area contributed by atoms with Crippen molar-refractivity contribution in [1.29, 1.82) is 0 Å². The van der Waals surface area contributed by atoms with Crippen LogP contribution in [-0.2, 0) is 147 Å². The summed E-state index contributed by atoms with van der Waals surface area (Å²) in [6.07, 6.45) is -3.52. The number of rotatable bonds is 65. The summed E-state index contributed by atoms with van der Waals surface area (Å²) in [5.41, 5.74) is 5.56. The average Bonchev–Trinajstić information content (AvgIpc) is 1.60. The number of anilines is 2. The highest BCUT2D eigenvalue weighted by molar-refractivity contribution is 8.44. The van der Waals surface area contributed by atoms with E-state index in [1.54, 1.807) is 62.4 Å². The Morgan fingerprint density at radius 2 is 1.14 bits per heavy atom. The lowest BCUT2D eigenvalue weighted by molar-refractivity contribution is -0.132. The van der Waals surface area contributed by atoms with Crippen LogP contribution in [-0.4, -0.2) is 355 Å². The number of H-pyrrole nitrogens is 1. The summed E-state index contributed by atoms with van der Waals surface area (Å²) in [5.74, 6) is -3.19. The zero-order chi connectivity index (χ0) is 91.4. The normalized spacial score (nSPS) is 20.5. The first-order valence-electron chi connectivity index (χ1n) is 42.3. The van der Waals surface area contributed by atoms with Gasteiger partial charge in [-0.15, -0.1) is 0 Å². The lowest BCUT2D eigenvalue weighted by atomic mass is 10.0. The summed E-state index contributed by atoms with van der Waals surface area (Å²) < 4.78 is 144. The standard InChI is InChI=1S/C80H124N12O32P2S2/c1-57(2)69(87-67(93)14-17-102-19-21-104-23-25-106-27-29-108-31-33-110-35-37-112-39-41-114-43-45-116-47-48-117-46-44-115-42-40-113-38-36-111-34-32-109-30-28-107-26-24-105-22-20-103-18-15-81)76(97)85-58(3)74(95)86-62-11-9-59(10-12-62)52-118-80(99)91(4)51-60-7-5-6-8-64(60)75(96)89-79-88-73-70(77(98)90-79)84-56-92(73)78-72-71(94)66(122-78)54-120-125(100,127)123-65-50-63(121-68-13-16-82-55-83-68)49-61(65)53-119-126(101,128)124-72/h5-13,16,55-58,61,63,65-66,69,71-72,78,94H,14-15,17-54,81H2,1-4H3,(H,85,97)(H,86,95)(H,87,93)(H,100,127)(H,101,128)(H2,88,89,90,96,98)/t58-,61+,63+,65-,66+,69-,71+,72+,78+,125?,126?/m0/s1. The third kappa shape index (κ3) is 41.1. The molecule has 2 aliphatic heterocycles. The number of amides is 5. The molecule has 1 aliphatic carbocycles. The van der Waals surface area contributed by atoms with Crippen LogP contribution in [0.25, 0.3) is 11.2 Å². The number of nitrogens with two attached hydrogens (primary N) is 1. The third-order valence-corrected chi connectivity index (χ3v) is 22.2. The first kappa shape index (κ1) is 106. The number of fused-ring (bicyclic) bond motifs is 4. The van der Waals surface area contributed by atoms with Crippen molar-refractivity contribution in [3.63, 3.8) is 0 Å². The van der Waals surface area contributed by atoms with Crippen molar-refractivity contribution in [3.8, 4) is 5.88 Å². The molecule has 44 nitrogen and oxygen atoms in total. The van der Waals surface area contributed by atoms with Crippen LogP contribution in [0.4, 0.5) is 16.4 Å². The van der Waals surface area contributed by atoms with Gasteiger partial charge in [0.2, 0.25) is 29.5 Å². The number of carbonyl (C=O) groups is 5. The van der Waals surface area contributed by atoms with Crippen LogP contribution in [0.3, 0.4) is 0 Å². The van der Waals surface area contributed by atoms with E-state index in [-0.39, 0.29) is 81.0 Å². The summed E-state index contributed by atoms with van der Waals surface area (Å²) in [6.45, 7) is 9.75. The Morgan fingerprint density at radius 1 is 0.633 bits per heavy atom. The molecule has 3 aromatic heterocycles. The molecular weight excluding hydrogens is 1770 g/mol. The van der Waals surface area contributed by atoms with Gasteiger partial charge in [0.25, 0.3) is 11.5 Å². The molecule has 8 rings (SSSR count). The molecule has 5 aromatic rings. The van der Waals surface area contributed by atoms with Crippen molar-refractivity contribution >= 4 is 90.1 Å². The lowest BCUT2D eigenvalue weighted by Crippen LogP contribution is -2.53. The minimum atomic E-state index is -4.38. The molecule has 0 spiro atoms. The van der Waals surface area contributed by atoms with Gasteiger partial charge < -0.3 is 140 Å². The van der Waals surface area contributed by atoms with Gasteiger partial charge in [-0.1, -0.05) is 56.4 Å². The summed E-state index contributed by atoms with van der Waals surface area (Å²) in [7, 11) is 1.47. The first-order valence-corrected chi connectivity index (χ1v) is 47.6. The van der Waals surface area contributed by atoms with E-state index >= 15 is 0 Å². The molecule has 3 aliphatic rings. The molecule has 1 saturated carbocycles. The van der Waals surface area contributed by atoms with E-state index in [0.29, 0.717) is 227 Å². The van der Waals surface area contributed by atoms with Crippen LogP contribution in [0.15, 0.2) is 78.2 Å². The number of imidazole rings is 1. The number of ether oxygens (including phenoxy) is 19. The number of aromatic amines is 1. The number of hydrogen-bond acceptors (Lipinski definition) is 37. The minimum Gasteiger partial charge on any atom is -0.474 e. The van der Waals surface area contributed by atoms with Crippen LogP contribution in [0.2, 0.25) is 0 Å². The van der Waals surface area contributed by atoms with E-state index < -0.39 is 110 Å². The Labute approximate surface area is 753 Å². The molecule has 5 heterocycles. The number of benzene rings is 2. The fourth-order valence-electron chi connectivity index (χ4n) is 12.4. The second-order valence-electron chi connectivity index (χ2n) is 29.1. The fourth-order valence-corrected chi connectivity index (χ4v) is 15.4. The predicted molar refractivity (Wildman–Crippen MR) is 464 cm³/mol. The van der Waals surface area contributed by atoms with Crippen LogP contribution in [0, 0.1) is 11.8 Å². The monoisotopic (exact) mass is 1890 g/mol. The number of aliphatic hydroxyl groups is 1. The summed E-state index contributed by atoms with van der Waals surface area (Å²) in [6, 6.07) is 12.4. The van der Waals surface area contributed by atoms with Gasteiger partial charge in [0, 0.05) is 62.4 Å². The SMILES string of the molecule is CC(C)[C@H](NC(=O)CCOCCOCCOCCOCCOCCOCCOCCOCCOCCOCCOCCOCCOCCOCCOCCOCCN)C(=O)N[C@@H](C)C(=O)Nc1ccc(COC(=O)N(C)Cc2ccccc2C(=O)Nc2nc3c(ncn3[C@@H]3O[C@@H]4COP(O)(=S)O[C@H]5C[C@H](Oc6ccncn6)C[C@@H]5COP(=O)(S)O[C@@H]3[C@@H]4O)c(=O)[nH]2)cc1. The molecule has 48 heteroatoms. The summed E-state index contributed by atoms with van der Waals surface area (Å²) >= 11 is 9.64. The molecular formula is C80H124N12O32P2S2. The third-order valence-electron chi connectivity index (χ3n) is 19.0. The van der Waals surface area contributed by atoms with Crippen molar-refractivity contribution in [2.75, 3.05) is 249 Å². The van der Waals surface area contributed by atoms with Crippen molar-refractivity contribution in [2.45, 2.75) is 102 Å². The molecule has 718 valence electrons. The maximum absolute atomic E-state index is 14.1. The molecule has 2 saturated heterocycles. The van der Waals surface area contributed by atoms with Gasteiger partial charge >= 0.3 is 19.6 Å². The highest BCUT2D eigenvalue weighted by Crippen LogP contribution is 2.59. The van der Waals surface area contributed by atoms with Crippen LogP contribution in [0.5, 0.6) is 5.88 Å². The molecule has 3 fully saturated rings. The second kappa shape index (κ2) is 61.0. The number of thiol groups is 1. The number of hydrogen-bond donors (Lipinski definition) is 9. The van der Waals surface area contributed by atoms with Gasteiger partial charge in [-0.3, -0.25) is 43.4 Å². The van der Waals surface area contributed by atoms with Crippen molar-refractivity contribution in [2.24, 2.45) is 17.6 Å². The fraction of sp³-hybridized carbons (Fsp3) is 0.675. The topological polar surface area (TPSA) is 522 Å². The highest BCUT2D eigenvalue weighted by Gasteiger charge is 2.51. The summed E-state index contributed by atoms with van der Waals surface area (Å²) in [4.78, 5) is 112. The Morgan fingerprint density at radius 3 is 1.64 bits per heavy atom. The molecule has 2 aromatic carbocycles. The van der Waals surface area contributed by atoms with Gasteiger partial charge in [-0.05, 0) is 60.4 Å². The highest BCUT2D eigenvalue weighted by atomic mass is 32.7. The Hall–Kier alpha value is -6.91. The predicted octanol–water partition coefficient (Wildman–Crippen LogP) is 3.32. The zero-order valence-electron chi connectivity index (χ0n) is 72.6. The van der Waals surface area contributed by atoms with E-state index in [9.17, 15) is 43.3 Å². The number of nitrogens with one attached hydrogen (secondary N) is 5. The maximum Gasteiger partial charge on any atom is 0.410 e. The first-order chi connectivity index (χ1) is 62.1. The molecule has 2 unspecified atom stereocenters. The Kier molecular flexibility index (Phi) is 50.7. The number of carbonyl (C=O) groups excluding carboxylic acids is 5.